The molecular weight excluding hydrogens is 180 g/mol. The van der Waals surface area contributed by atoms with Crippen LogP contribution in [0.15, 0.2) is 23.3 Å². The van der Waals surface area contributed by atoms with Gasteiger partial charge in [-0.1, -0.05) is 23.3 Å². The second-order valence-electron chi connectivity index (χ2n) is 5.19. The maximum atomic E-state index is 2.45. The smallest absolute Gasteiger partial charge is 0.0853 e. The van der Waals surface area contributed by atoms with Crippen LogP contribution in [0, 0.1) is 11.8 Å². The zero-order chi connectivity index (χ0) is 11.3. The van der Waals surface area contributed by atoms with Gasteiger partial charge >= 0.3 is 0 Å². The molecule has 0 N–H and O–H groups in total. The van der Waals surface area contributed by atoms with Crippen LogP contribution in [0.4, 0.5) is 0 Å². The van der Waals surface area contributed by atoms with E-state index in [0.717, 1.165) is 5.92 Å². The van der Waals surface area contributed by atoms with Crippen LogP contribution < -0.4 is 0 Å². The fraction of sp³-hybridized carbons (Fsp3) is 0.667. The first-order valence-electron chi connectivity index (χ1n) is 6.21. The van der Waals surface area contributed by atoms with Gasteiger partial charge in [-0.15, -0.1) is 0 Å². The minimum Gasteiger partial charge on any atom is -0.0853 e. The molecule has 0 saturated carbocycles. The van der Waals surface area contributed by atoms with Crippen molar-refractivity contribution in [3.63, 3.8) is 0 Å². The SMILES string of the molecule is C/C1=C\C[C@H]([C+](C)C)CC/C(C)=C/CC1. The molecule has 15 heavy (non-hydrogen) atoms. The van der Waals surface area contributed by atoms with E-state index in [1.807, 2.05) is 0 Å². The summed E-state index contributed by atoms with van der Waals surface area (Å²) in [4.78, 5) is 0. The maximum Gasteiger partial charge on any atom is 0.103 e. The highest BCUT2D eigenvalue weighted by Gasteiger charge is 2.21. The zero-order valence-electron chi connectivity index (χ0n) is 10.8. The molecule has 0 radical (unpaired) electrons. The minimum absolute atomic E-state index is 0.793. The first kappa shape index (κ1) is 12.4. The summed E-state index contributed by atoms with van der Waals surface area (Å²) < 4.78 is 0. The summed E-state index contributed by atoms with van der Waals surface area (Å²) in [6.45, 7) is 9.10. The molecule has 0 heterocycles. The van der Waals surface area contributed by atoms with Crippen LogP contribution in [0.5, 0.6) is 0 Å². The van der Waals surface area contributed by atoms with Crippen molar-refractivity contribution in [3.05, 3.63) is 29.2 Å². The molecule has 0 aromatic heterocycles. The van der Waals surface area contributed by atoms with E-state index in [0.29, 0.717) is 0 Å². The molecule has 0 amide bonds. The summed E-state index contributed by atoms with van der Waals surface area (Å²) in [5, 5.41) is 0. The van der Waals surface area contributed by atoms with E-state index in [4.69, 9.17) is 0 Å². The van der Waals surface area contributed by atoms with Gasteiger partial charge in [0, 0.05) is 6.42 Å². The molecule has 0 aromatic carbocycles. The lowest BCUT2D eigenvalue weighted by molar-refractivity contribution is 0.506. The molecule has 1 aliphatic rings. The van der Waals surface area contributed by atoms with E-state index in [1.165, 1.54) is 32.1 Å². The molecule has 0 fully saturated rings. The number of allylic oxidation sites excluding steroid dienone is 4. The van der Waals surface area contributed by atoms with Gasteiger partial charge in [0.05, 0.1) is 19.8 Å². The highest BCUT2D eigenvalue weighted by atomic mass is 14.2. The van der Waals surface area contributed by atoms with Crippen LogP contribution in [0.25, 0.3) is 0 Å². The first-order chi connectivity index (χ1) is 7.09. The Morgan fingerprint density at radius 1 is 1.07 bits per heavy atom. The largest absolute Gasteiger partial charge is 0.103 e. The van der Waals surface area contributed by atoms with Crippen LogP contribution in [0.2, 0.25) is 0 Å². The van der Waals surface area contributed by atoms with Gasteiger partial charge in [0.15, 0.2) is 0 Å². The Morgan fingerprint density at radius 3 is 2.40 bits per heavy atom. The molecule has 0 nitrogen and oxygen atoms in total. The van der Waals surface area contributed by atoms with E-state index in [1.54, 1.807) is 17.1 Å². The standard InChI is InChI=1S/C15H25/c1-12(2)15-10-8-13(3)6-5-7-14(4)9-11-15/h6,9,15H,5,7-8,10-11H2,1-4H3/q+1/b13-6+,14-9+/t15-/m1/s1. The molecule has 0 aliphatic heterocycles. The maximum absolute atomic E-state index is 2.45. The molecule has 0 heteroatoms. The summed E-state index contributed by atoms with van der Waals surface area (Å²) in [6.07, 6.45) is 11.2. The third-order valence-corrected chi connectivity index (χ3v) is 3.49. The van der Waals surface area contributed by atoms with Gasteiger partial charge in [0.25, 0.3) is 0 Å². The van der Waals surface area contributed by atoms with Crippen LogP contribution >= 0.6 is 0 Å². The monoisotopic (exact) mass is 205 g/mol. The predicted molar refractivity (Wildman–Crippen MR) is 68.7 cm³/mol. The Labute approximate surface area is 95.5 Å². The number of hydrogen-bond donors (Lipinski definition) is 0. The van der Waals surface area contributed by atoms with Gasteiger partial charge in [-0.3, -0.25) is 0 Å². The fourth-order valence-electron chi connectivity index (χ4n) is 2.14. The highest BCUT2D eigenvalue weighted by Crippen LogP contribution is 2.27. The van der Waals surface area contributed by atoms with Gasteiger partial charge in [-0.25, -0.2) is 0 Å². The summed E-state index contributed by atoms with van der Waals surface area (Å²) in [7, 11) is 0. The summed E-state index contributed by atoms with van der Waals surface area (Å²) in [6, 6.07) is 0. The molecule has 1 aliphatic carbocycles. The van der Waals surface area contributed by atoms with Crippen molar-refractivity contribution >= 4 is 0 Å². The second-order valence-corrected chi connectivity index (χ2v) is 5.19. The Kier molecular flexibility index (Phi) is 5.01. The predicted octanol–water partition coefficient (Wildman–Crippen LogP) is 5.07. The van der Waals surface area contributed by atoms with Crippen molar-refractivity contribution in [2.45, 2.75) is 59.8 Å². The molecule has 84 valence electrons. The van der Waals surface area contributed by atoms with Crippen LogP contribution in [0.1, 0.15) is 59.8 Å². The van der Waals surface area contributed by atoms with Gasteiger partial charge < -0.3 is 0 Å². The molecule has 0 aromatic rings. The molecule has 0 saturated heterocycles. The van der Waals surface area contributed by atoms with Gasteiger partial charge in [0.1, 0.15) is 5.92 Å². The highest BCUT2D eigenvalue weighted by molar-refractivity contribution is 5.08. The van der Waals surface area contributed by atoms with Gasteiger partial charge in [0.2, 0.25) is 0 Å². The summed E-state index contributed by atoms with van der Waals surface area (Å²) in [5.41, 5.74) is 3.14. The number of rotatable bonds is 1. The van der Waals surface area contributed by atoms with E-state index >= 15 is 0 Å². The fourth-order valence-corrected chi connectivity index (χ4v) is 2.14. The lowest BCUT2D eigenvalue weighted by Crippen LogP contribution is -2.07. The first-order valence-corrected chi connectivity index (χ1v) is 6.21. The van der Waals surface area contributed by atoms with Crippen molar-refractivity contribution in [1.29, 1.82) is 0 Å². The molecule has 0 unspecified atom stereocenters. The lowest BCUT2D eigenvalue weighted by atomic mass is 9.85. The summed E-state index contributed by atoms with van der Waals surface area (Å²) >= 11 is 0. The van der Waals surface area contributed by atoms with E-state index in [-0.39, 0.29) is 0 Å². The lowest BCUT2D eigenvalue weighted by Gasteiger charge is -2.13. The van der Waals surface area contributed by atoms with E-state index in [9.17, 15) is 0 Å². The minimum atomic E-state index is 0.793. The average molecular weight is 205 g/mol. The van der Waals surface area contributed by atoms with Gasteiger partial charge in [-0.2, -0.15) is 0 Å². The third kappa shape index (κ3) is 4.59. The van der Waals surface area contributed by atoms with Crippen molar-refractivity contribution in [3.8, 4) is 0 Å². The number of hydrogen-bond acceptors (Lipinski definition) is 0. The van der Waals surface area contributed by atoms with Crippen LogP contribution in [-0.4, -0.2) is 0 Å². The quantitative estimate of drug-likeness (QED) is 0.414. The summed E-state index contributed by atoms with van der Waals surface area (Å²) in [5.74, 6) is 2.38. The van der Waals surface area contributed by atoms with E-state index in [2.05, 4.69) is 39.8 Å². The average Bonchev–Trinajstić information content (AvgIpc) is 2.16. The Balaban J connectivity index is 2.66. The second kappa shape index (κ2) is 6.05. The van der Waals surface area contributed by atoms with Gasteiger partial charge in [-0.05, 0) is 39.5 Å². The van der Waals surface area contributed by atoms with Crippen LogP contribution in [0.3, 0.4) is 0 Å². The Bertz CT molecular complexity index is 243. The molecule has 1 rings (SSSR count). The molecule has 0 bridgehead atoms. The van der Waals surface area contributed by atoms with Crippen molar-refractivity contribution in [2.75, 3.05) is 0 Å². The normalized spacial score (nSPS) is 31.1. The molecule has 0 spiro atoms. The zero-order valence-corrected chi connectivity index (χ0v) is 10.8. The molecule has 1 atom stereocenters. The Morgan fingerprint density at radius 2 is 1.73 bits per heavy atom. The van der Waals surface area contributed by atoms with Crippen molar-refractivity contribution < 1.29 is 0 Å². The Hall–Kier alpha value is -0.650. The third-order valence-electron chi connectivity index (χ3n) is 3.49. The van der Waals surface area contributed by atoms with Crippen molar-refractivity contribution in [2.24, 2.45) is 5.92 Å². The molecular formula is C15H25+. The van der Waals surface area contributed by atoms with E-state index < -0.39 is 0 Å². The van der Waals surface area contributed by atoms with Crippen LogP contribution in [-0.2, 0) is 0 Å². The topological polar surface area (TPSA) is 0 Å². The van der Waals surface area contributed by atoms with Crippen molar-refractivity contribution in [1.82, 2.24) is 0 Å².